The van der Waals surface area contributed by atoms with Gasteiger partial charge in [0.05, 0.1) is 24.1 Å². The highest BCUT2D eigenvalue weighted by atomic mass is 16.3. The van der Waals surface area contributed by atoms with Crippen LogP contribution in [0.5, 0.6) is 0 Å². The Labute approximate surface area is 178 Å². The van der Waals surface area contributed by atoms with Gasteiger partial charge in [-0.3, -0.25) is 4.90 Å². The Hall–Kier alpha value is -2.94. The zero-order valence-electron chi connectivity index (χ0n) is 17.3. The van der Waals surface area contributed by atoms with Gasteiger partial charge in [-0.25, -0.2) is 4.98 Å². The lowest BCUT2D eigenvalue weighted by Crippen LogP contribution is -2.43. The molecule has 3 atom stereocenters. The maximum atomic E-state index is 11.3. The van der Waals surface area contributed by atoms with Crippen LogP contribution < -0.4 is 0 Å². The lowest BCUT2D eigenvalue weighted by atomic mass is 9.76. The molecule has 0 aliphatic carbocycles. The quantitative estimate of drug-likeness (QED) is 0.656. The van der Waals surface area contributed by atoms with E-state index in [0.29, 0.717) is 11.5 Å². The molecule has 154 valence electrons. The highest BCUT2D eigenvalue weighted by Crippen LogP contribution is 2.37. The van der Waals surface area contributed by atoms with E-state index >= 15 is 0 Å². The van der Waals surface area contributed by atoms with Gasteiger partial charge < -0.3 is 10.1 Å². The van der Waals surface area contributed by atoms with E-state index in [0.717, 1.165) is 43.7 Å². The number of nitrogens with zero attached hydrogens (tertiary/aromatic N) is 3. The van der Waals surface area contributed by atoms with Crippen molar-refractivity contribution in [3.05, 3.63) is 89.0 Å². The number of rotatable bonds is 6. The molecule has 30 heavy (non-hydrogen) atoms. The summed E-state index contributed by atoms with van der Waals surface area (Å²) in [5, 5.41) is 20.3. The SMILES string of the molecule is Cc1cccc(C(O)C2CCN(Cc3cnc[nH]3)CC2Cc2ccc(C#N)cc2)c1. The average molecular weight is 401 g/mol. The zero-order valence-corrected chi connectivity index (χ0v) is 17.3. The Bertz CT molecular complexity index is 991. The zero-order chi connectivity index (χ0) is 20.9. The Morgan fingerprint density at radius 2 is 2.10 bits per heavy atom. The maximum absolute atomic E-state index is 11.3. The molecule has 5 heteroatoms. The van der Waals surface area contributed by atoms with Crippen molar-refractivity contribution in [3.63, 3.8) is 0 Å². The molecule has 1 aliphatic rings. The topological polar surface area (TPSA) is 75.9 Å². The first-order valence-corrected chi connectivity index (χ1v) is 10.6. The summed E-state index contributed by atoms with van der Waals surface area (Å²) in [4.78, 5) is 9.77. The summed E-state index contributed by atoms with van der Waals surface area (Å²) in [6.07, 6.45) is 4.96. The minimum Gasteiger partial charge on any atom is -0.388 e. The van der Waals surface area contributed by atoms with E-state index in [9.17, 15) is 5.11 Å². The molecule has 0 saturated carbocycles. The number of aromatic amines is 1. The Balaban J connectivity index is 1.54. The summed E-state index contributed by atoms with van der Waals surface area (Å²) in [5.41, 5.74) is 5.19. The number of aliphatic hydroxyl groups is 1. The molecule has 1 aliphatic heterocycles. The third kappa shape index (κ3) is 4.79. The molecule has 2 N–H and O–H groups in total. The first-order chi connectivity index (χ1) is 14.6. The average Bonchev–Trinajstić information content (AvgIpc) is 3.27. The molecule has 1 saturated heterocycles. The number of nitrogens with one attached hydrogen (secondary N) is 1. The van der Waals surface area contributed by atoms with Crippen molar-refractivity contribution in [2.75, 3.05) is 13.1 Å². The summed E-state index contributed by atoms with van der Waals surface area (Å²) in [7, 11) is 0. The van der Waals surface area contributed by atoms with E-state index < -0.39 is 6.10 Å². The van der Waals surface area contributed by atoms with Crippen LogP contribution in [0, 0.1) is 30.1 Å². The minimum atomic E-state index is -0.470. The molecule has 1 aromatic heterocycles. The number of aryl methyl sites for hydroxylation is 1. The largest absolute Gasteiger partial charge is 0.388 e. The van der Waals surface area contributed by atoms with Gasteiger partial charge in [0.25, 0.3) is 0 Å². The van der Waals surface area contributed by atoms with Crippen LogP contribution in [0.1, 0.15) is 40.5 Å². The van der Waals surface area contributed by atoms with Gasteiger partial charge in [-0.15, -0.1) is 0 Å². The fourth-order valence-corrected chi connectivity index (χ4v) is 4.63. The second kappa shape index (κ2) is 9.25. The number of nitriles is 1. The van der Waals surface area contributed by atoms with Crippen LogP contribution in [0.2, 0.25) is 0 Å². The first kappa shape index (κ1) is 20.3. The van der Waals surface area contributed by atoms with Gasteiger partial charge in [0.1, 0.15) is 0 Å². The van der Waals surface area contributed by atoms with Crippen molar-refractivity contribution in [2.24, 2.45) is 11.8 Å². The lowest BCUT2D eigenvalue weighted by Gasteiger charge is -2.41. The number of aromatic nitrogens is 2. The summed E-state index contributed by atoms with van der Waals surface area (Å²) >= 11 is 0. The molecular formula is C25H28N4O. The molecular weight excluding hydrogens is 372 g/mol. The van der Waals surface area contributed by atoms with Crippen LogP contribution in [0.25, 0.3) is 0 Å². The van der Waals surface area contributed by atoms with E-state index in [1.165, 1.54) is 11.1 Å². The molecule has 3 unspecified atom stereocenters. The van der Waals surface area contributed by atoms with Gasteiger partial charge >= 0.3 is 0 Å². The smallest absolute Gasteiger partial charge is 0.0991 e. The number of hydrogen-bond donors (Lipinski definition) is 2. The van der Waals surface area contributed by atoms with Gasteiger partial charge in [0.2, 0.25) is 0 Å². The summed E-state index contributed by atoms with van der Waals surface area (Å²) in [6.45, 7) is 4.79. The van der Waals surface area contributed by atoms with Crippen molar-refractivity contribution in [1.29, 1.82) is 5.26 Å². The number of piperidine rings is 1. The van der Waals surface area contributed by atoms with Crippen molar-refractivity contribution in [1.82, 2.24) is 14.9 Å². The molecule has 0 bridgehead atoms. The molecule has 5 nitrogen and oxygen atoms in total. The Morgan fingerprint density at radius 1 is 1.27 bits per heavy atom. The molecule has 3 aromatic rings. The van der Waals surface area contributed by atoms with Gasteiger partial charge in [-0.2, -0.15) is 5.26 Å². The third-order valence-corrected chi connectivity index (χ3v) is 6.20. The van der Waals surface area contributed by atoms with Gasteiger partial charge in [-0.05, 0) is 61.4 Å². The highest BCUT2D eigenvalue weighted by Gasteiger charge is 2.34. The van der Waals surface area contributed by atoms with Gasteiger partial charge in [0.15, 0.2) is 0 Å². The van der Waals surface area contributed by atoms with Gasteiger partial charge in [0, 0.05) is 25.0 Å². The van der Waals surface area contributed by atoms with Crippen molar-refractivity contribution in [3.8, 4) is 6.07 Å². The normalized spacial score (nSPS) is 20.6. The van der Waals surface area contributed by atoms with E-state index in [1.807, 2.05) is 42.6 Å². The fraction of sp³-hybridized carbons (Fsp3) is 0.360. The van der Waals surface area contributed by atoms with Crippen molar-refractivity contribution < 1.29 is 5.11 Å². The maximum Gasteiger partial charge on any atom is 0.0991 e. The van der Waals surface area contributed by atoms with Crippen LogP contribution in [0.4, 0.5) is 0 Å². The molecule has 0 amide bonds. The third-order valence-electron chi connectivity index (χ3n) is 6.20. The molecule has 4 rings (SSSR count). The number of H-pyrrole nitrogens is 1. The predicted octanol–water partition coefficient (Wildman–Crippen LogP) is 4.00. The van der Waals surface area contributed by atoms with Crippen LogP contribution in [-0.2, 0) is 13.0 Å². The summed E-state index contributed by atoms with van der Waals surface area (Å²) in [6, 6.07) is 18.3. The van der Waals surface area contributed by atoms with Crippen LogP contribution in [0.3, 0.4) is 0 Å². The first-order valence-electron chi connectivity index (χ1n) is 10.6. The van der Waals surface area contributed by atoms with E-state index in [1.54, 1.807) is 6.33 Å². The predicted molar refractivity (Wildman–Crippen MR) is 116 cm³/mol. The van der Waals surface area contributed by atoms with Crippen molar-refractivity contribution >= 4 is 0 Å². The monoisotopic (exact) mass is 400 g/mol. The Kier molecular flexibility index (Phi) is 6.27. The number of imidazole rings is 1. The fourth-order valence-electron chi connectivity index (χ4n) is 4.63. The highest BCUT2D eigenvalue weighted by molar-refractivity contribution is 5.32. The van der Waals surface area contributed by atoms with E-state index in [2.05, 4.69) is 40.0 Å². The number of likely N-dealkylation sites (tertiary alicyclic amines) is 1. The second-order valence-electron chi connectivity index (χ2n) is 8.40. The Morgan fingerprint density at radius 3 is 2.80 bits per heavy atom. The summed E-state index contributed by atoms with van der Waals surface area (Å²) in [5.74, 6) is 0.519. The van der Waals surface area contributed by atoms with Gasteiger partial charge in [-0.1, -0.05) is 42.0 Å². The van der Waals surface area contributed by atoms with E-state index in [4.69, 9.17) is 5.26 Å². The molecule has 1 fully saturated rings. The molecule has 2 heterocycles. The second-order valence-corrected chi connectivity index (χ2v) is 8.40. The molecule has 0 radical (unpaired) electrons. The number of aliphatic hydroxyl groups excluding tert-OH is 1. The molecule has 0 spiro atoms. The number of hydrogen-bond acceptors (Lipinski definition) is 4. The van der Waals surface area contributed by atoms with E-state index in [-0.39, 0.29) is 5.92 Å². The lowest BCUT2D eigenvalue weighted by molar-refractivity contribution is 0.0134. The van der Waals surface area contributed by atoms with Crippen LogP contribution >= 0.6 is 0 Å². The number of benzene rings is 2. The van der Waals surface area contributed by atoms with Crippen LogP contribution in [-0.4, -0.2) is 33.1 Å². The van der Waals surface area contributed by atoms with Crippen molar-refractivity contribution in [2.45, 2.75) is 32.4 Å². The minimum absolute atomic E-state index is 0.195. The summed E-state index contributed by atoms with van der Waals surface area (Å²) < 4.78 is 0. The standard InChI is InChI=1S/C25H28N4O/c1-18-3-2-4-21(11-18)25(30)24-9-10-29(16-23-14-27-17-28-23)15-22(24)12-19-5-7-20(13-26)8-6-19/h2-8,11,14,17,22,24-25,30H,9-10,12,15-16H2,1H3,(H,27,28). The molecule has 2 aromatic carbocycles. The van der Waals surface area contributed by atoms with Crippen LogP contribution in [0.15, 0.2) is 61.1 Å².